The van der Waals surface area contributed by atoms with Crippen LogP contribution in [0, 0.1) is 6.92 Å². The van der Waals surface area contributed by atoms with Crippen molar-refractivity contribution in [3.05, 3.63) is 39.3 Å². The molecule has 1 aromatic heterocycles. The van der Waals surface area contributed by atoms with Crippen LogP contribution in [0.4, 0.5) is 10.8 Å². The molecule has 0 radical (unpaired) electrons. The first-order valence-corrected chi connectivity index (χ1v) is 7.43. The van der Waals surface area contributed by atoms with Crippen molar-refractivity contribution in [2.24, 2.45) is 0 Å². The second kappa shape index (κ2) is 6.16. The van der Waals surface area contributed by atoms with E-state index in [-0.39, 0.29) is 5.97 Å². The zero-order chi connectivity index (χ0) is 13.8. The second-order valence-electron chi connectivity index (χ2n) is 3.84. The van der Waals surface area contributed by atoms with Gasteiger partial charge in [0.15, 0.2) is 10.8 Å². The van der Waals surface area contributed by atoms with Crippen LogP contribution < -0.4 is 5.32 Å². The maximum atomic E-state index is 11.5. The Balaban J connectivity index is 2.13. The summed E-state index contributed by atoms with van der Waals surface area (Å²) in [5.41, 5.74) is 2.40. The molecule has 0 amide bonds. The molecule has 19 heavy (non-hydrogen) atoms. The Kier molecular flexibility index (Phi) is 4.55. The van der Waals surface area contributed by atoms with Gasteiger partial charge in [-0.2, -0.15) is 0 Å². The molecule has 4 nitrogen and oxygen atoms in total. The largest absolute Gasteiger partial charge is 0.461 e. The molecule has 0 fully saturated rings. The summed E-state index contributed by atoms with van der Waals surface area (Å²) in [6.07, 6.45) is 0. The molecule has 0 saturated heterocycles. The highest BCUT2D eigenvalue weighted by Gasteiger charge is 2.12. The van der Waals surface area contributed by atoms with Crippen LogP contribution >= 0.6 is 27.3 Å². The molecule has 6 heteroatoms. The number of rotatable bonds is 4. The lowest BCUT2D eigenvalue weighted by Crippen LogP contribution is -2.05. The van der Waals surface area contributed by atoms with Gasteiger partial charge in [0, 0.05) is 15.5 Å². The van der Waals surface area contributed by atoms with E-state index in [0.29, 0.717) is 17.4 Å². The number of aryl methyl sites for hydroxylation is 1. The third-order valence-electron chi connectivity index (χ3n) is 2.42. The molecule has 0 unspecified atom stereocenters. The van der Waals surface area contributed by atoms with E-state index < -0.39 is 0 Å². The Labute approximate surface area is 124 Å². The Bertz CT molecular complexity index is 598. The highest BCUT2D eigenvalue weighted by Crippen LogP contribution is 2.25. The first-order chi connectivity index (χ1) is 9.10. The summed E-state index contributed by atoms with van der Waals surface area (Å²) in [6, 6.07) is 5.93. The van der Waals surface area contributed by atoms with Crippen molar-refractivity contribution >= 4 is 44.1 Å². The van der Waals surface area contributed by atoms with Crippen LogP contribution in [-0.2, 0) is 4.74 Å². The minimum Gasteiger partial charge on any atom is -0.461 e. The van der Waals surface area contributed by atoms with Gasteiger partial charge in [0.05, 0.1) is 6.61 Å². The van der Waals surface area contributed by atoms with E-state index in [1.807, 2.05) is 25.1 Å². The lowest BCUT2D eigenvalue weighted by molar-refractivity contribution is 0.0520. The first-order valence-electron chi connectivity index (χ1n) is 5.76. The van der Waals surface area contributed by atoms with Crippen LogP contribution in [0.15, 0.2) is 28.1 Å². The lowest BCUT2D eigenvalue weighted by Gasteiger charge is -2.06. The monoisotopic (exact) mass is 340 g/mol. The number of ether oxygens (including phenoxy) is 1. The van der Waals surface area contributed by atoms with Crippen LogP contribution in [0.5, 0.6) is 0 Å². The normalized spacial score (nSPS) is 10.3. The summed E-state index contributed by atoms with van der Waals surface area (Å²) in [4.78, 5) is 15.7. The molecule has 2 rings (SSSR count). The SMILES string of the molecule is CCOC(=O)c1csc(Nc2ccc(Br)cc2C)n1. The fourth-order valence-electron chi connectivity index (χ4n) is 1.51. The number of halogens is 1. The van der Waals surface area contributed by atoms with Crippen LogP contribution in [0.3, 0.4) is 0 Å². The van der Waals surface area contributed by atoms with Gasteiger partial charge in [-0.25, -0.2) is 9.78 Å². The second-order valence-corrected chi connectivity index (χ2v) is 5.62. The number of carbonyl (C=O) groups excluding carboxylic acids is 1. The highest BCUT2D eigenvalue weighted by molar-refractivity contribution is 9.10. The smallest absolute Gasteiger partial charge is 0.357 e. The quantitative estimate of drug-likeness (QED) is 0.850. The zero-order valence-electron chi connectivity index (χ0n) is 10.6. The third-order valence-corrected chi connectivity index (χ3v) is 3.67. The average Bonchev–Trinajstić information content (AvgIpc) is 2.82. The Morgan fingerprint density at radius 2 is 2.32 bits per heavy atom. The summed E-state index contributed by atoms with van der Waals surface area (Å²) < 4.78 is 5.93. The standard InChI is InChI=1S/C13H13BrN2O2S/c1-3-18-12(17)11-7-19-13(16-11)15-10-5-4-9(14)6-8(10)2/h4-7H,3H2,1-2H3,(H,15,16). The molecule has 1 heterocycles. The Morgan fingerprint density at radius 1 is 1.53 bits per heavy atom. The number of esters is 1. The van der Waals surface area contributed by atoms with E-state index in [0.717, 1.165) is 15.7 Å². The van der Waals surface area contributed by atoms with Gasteiger partial charge in [-0.1, -0.05) is 15.9 Å². The first kappa shape index (κ1) is 14.0. The fourth-order valence-corrected chi connectivity index (χ4v) is 2.68. The van der Waals surface area contributed by atoms with Gasteiger partial charge in [0.1, 0.15) is 0 Å². The molecule has 1 aromatic carbocycles. The maximum absolute atomic E-state index is 11.5. The summed E-state index contributed by atoms with van der Waals surface area (Å²) >= 11 is 4.80. The molecular formula is C13H13BrN2O2S. The summed E-state index contributed by atoms with van der Waals surface area (Å²) in [5, 5.41) is 5.56. The predicted octanol–water partition coefficient (Wildman–Crippen LogP) is 4.13. The van der Waals surface area contributed by atoms with Crippen molar-refractivity contribution < 1.29 is 9.53 Å². The van der Waals surface area contributed by atoms with Gasteiger partial charge >= 0.3 is 5.97 Å². The molecule has 0 atom stereocenters. The molecule has 2 aromatic rings. The average molecular weight is 341 g/mol. The molecule has 100 valence electrons. The van der Waals surface area contributed by atoms with Crippen molar-refractivity contribution in [1.82, 2.24) is 4.98 Å². The van der Waals surface area contributed by atoms with Crippen molar-refractivity contribution in [3.8, 4) is 0 Å². The Morgan fingerprint density at radius 3 is 3.00 bits per heavy atom. The van der Waals surface area contributed by atoms with Crippen LogP contribution in [0.1, 0.15) is 23.0 Å². The number of hydrogen-bond acceptors (Lipinski definition) is 5. The number of anilines is 2. The summed E-state index contributed by atoms with van der Waals surface area (Å²) in [6.45, 7) is 4.13. The minimum absolute atomic E-state index is 0.337. The van der Waals surface area contributed by atoms with E-state index in [1.165, 1.54) is 11.3 Å². The van der Waals surface area contributed by atoms with E-state index in [2.05, 4.69) is 26.2 Å². The Hall–Kier alpha value is -1.40. The van der Waals surface area contributed by atoms with Crippen molar-refractivity contribution in [1.29, 1.82) is 0 Å². The molecular weight excluding hydrogens is 328 g/mol. The van der Waals surface area contributed by atoms with Gasteiger partial charge in [0.25, 0.3) is 0 Å². The van der Waals surface area contributed by atoms with Crippen molar-refractivity contribution in [2.75, 3.05) is 11.9 Å². The van der Waals surface area contributed by atoms with Crippen LogP contribution in [0.2, 0.25) is 0 Å². The van der Waals surface area contributed by atoms with E-state index in [9.17, 15) is 4.79 Å². The topological polar surface area (TPSA) is 51.2 Å². The molecule has 1 N–H and O–H groups in total. The van der Waals surface area contributed by atoms with E-state index >= 15 is 0 Å². The van der Waals surface area contributed by atoms with Crippen molar-refractivity contribution in [2.45, 2.75) is 13.8 Å². The van der Waals surface area contributed by atoms with E-state index in [4.69, 9.17) is 4.74 Å². The van der Waals surface area contributed by atoms with Crippen LogP contribution in [0.25, 0.3) is 0 Å². The summed E-state index contributed by atoms with van der Waals surface area (Å²) in [7, 11) is 0. The molecule has 0 bridgehead atoms. The summed E-state index contributed by atoms with van der Waals surface area (Å²) in [5.74, 6) is -0.390. The van der Waals surface area contributed by atoms with Gasteiger partial charge < -0.3 is 10.1 Å². The molecule has 0 aliphatic carbocycles. The molecule has 0 aliphatic heterocycles. The number of thiazole rings is 1. The van der Waals surface area contributed by atoms with Gasteiger partial charge in [-0.15, -0.1) is 11.3 Å². The number of aromatic nitrogens is 1. The maximum Gasteiger partial charge on any atom is 0.357 e. The van der Waals surface area contributed by atoms with Gasteiger partial charge in [-0.3, -0.25) is 0 Å². The molecule has 0 saturated carbocycles. The molecule has 0 spiro atoms. The molecule has 0 aliphatic rings. The van der Waals surface area contributed by atoms with E-state index in [1.54, 1.807) is 12.3 Å². The lowest BCUT2D eigenvalue weighted by atomic mass is 10.2. The number of benzene rings is 1. The van der Waals surface area contributed by atoms with Crippen molar-refractivity contribution in [3.63, 3.8) is 0 Å². The minimum atomic E-state index is -0.390. The highest BCUT2D eigenvalue weighted by atomic mass is 79.9. The van der Waals surface area contributed by atoms with Crippen LogP contribution in [-0.4, -0.2) is 17.6 Å². The third kappa shape index (κ3) is 3.54. The number of nitrogens with one attached hydrogen (secondary N) is 1. The number of nitrogens with zero attached hydrogens (tertiary/aromatic N) is 1. The van der Waals surface area contributed by atoms with Gasteiger partial charge in [0.2, 0.25) is 0 Å². The van der Waals surface area contributed by atoms with Gasteiger partial charge in [-0.05, 0) is 37.6 Å². The predicted molar refractivity (Wildman–Crippen MR) is 80.2 cm³/mol. The fraction of sp³-hybridized carbons (Fsp3) is 0.231. The number of hydrogen-bond donors (Lipinski definition) is 1. The number of carbonyl (C=O) groups is 1. The zero-order valence-corrected chi connectivity index (χ0v) is 13.0.